The molecule has 10 heteroatoms. The van der Waals surface area contributed by atoms with Crippen molar-refractivity contribution in [2.24, 2.45) is 4.99 Å². The third kappa shape index (κ3) is 7.32. The van der Waals surface area contributed by atoms with Crippen LogP contribution in [-0.4, -0.2) is 71.8 Å². The zero-order chi connectivity index (χ0) is 17.6. The fraction of sp³-hybridized carbons (Fsp3) is 0.533. The molecule has 0 radical (unpaired) electrons. The lowest BCUT2D eigenvalue weighted by molar-refractivity contribution is 0.373. The predicted octanol–water partition coefficient (Wildman–Crippen LogP) is 0.690. The van der Waals surface area contributed by atoms with Crippen LogP contribution in [0, 0.1) is 5.82 Å². The number of halogens is 2. The number of anilines is 1. The number of rotatable bonds is 5. The summed E-state index contributed by atoms with van der Waals surface area (Å²) < 4.78 is 37.5. The molecular formula is C15H25FIN5O2S. The van der Waals surface area contributed by atoms with E-state index in [0.717, 1.165) is 44.1 Å². The van der Waals surface area contributed by atoms with Crippen LogP contribution in [-0.2, 0) is 10.0 Å². The number of guanidine groups is 1. The minimum atomic E-state index is -3.17. The van der Waals surface area contributed by atoms with Crippen LogP contribution in [0.3, 0.4) is 0 Å². The van der Waals surface area contributed by atoms with Crippen molar-refractivity contribution in [3.8, 4) is 0 Å². The summed E-state index contributed by atoms with van der Waals surface area (Å²) in [5, 5.41) is 3.15. The molecule has 0 unspecified atom stereocenters. The number of aliphatic imine (C=N–C) groups is 1. The second-order valence-electron chi connectivity index (χ2n) is 5.59. The van der Waals surface area contributed by atoms with Crippen molar-refractivity contribution in [1.82, 2.24) is 14.9 Å². The Morgan fingerprint density at radius 3 is 2.28 bits per heavy atom. The smallest absolute Gasteiger partial charge is 0.208 e. The molecule has 1 aliphatic rings. The Kier molecular flexibility index (Phi) is 8.86. The van der Waals surface area contributed by atoms with Gasteiger partial charge in [-0.15, -0.1) is 24.0 Å². The largest absolute Gasteiger partial charge is 0.368 e. The van der Waals surface area contributed by atoms with Gasteiger partial charge in [0, 0.05) is 52.0 Å². The highest BCUT2D eigenvalue weighted by atomic mass is 127. The quantitative estimate of drug-likeness (QED) is 0.278. The molecule has 0 saturated carbocycles. The average Bonchev–Trinajstić information content (AvgIpc) is 2.55. The van der Waals surface area contributed by atoms with E-state index >= 15 is 0 Å². The Hall–Kier alpha value is -1.14. The first-order chi connectivity index (χ1) is 11.4. The number of sulfonamides is 1. The first-order valence-electron chi connectivity index (χ1n) is 7.80. The number of nitrogens with one attached hydrogen (secondary N) is 2. The first kappa shape index (κ1) is 21.9. The van der Waals surface area contributed by atoms with Crippen LogP contribution in [0.4, 0.5) is 10.1 Å². The van der Waals surface area contributed by atoms with E-state index in [2.05, 4.69) is 24.8 Å². The topological polar surface area (TPSA) is 77.0 Å². The van der Waals surface area contributed by atoms with Crippen molar-refractivity contribution in [3.63, 3.8) is 0 Å². The normalized spacial score (nSPS) is 15.7. The molecule has 1 aromatic rings. The van der Waals surface area contributed by atoms with Gasteiger partial charge in [-0.25, -0.2) is 17.5 Å². The Labute approximate surface area is 165 Å². The van der Waals surface area contributed by atoms with E-state index < -0.39 is 10.0 Å². The lowest BCUT2D eigenvalue weighted by atomic mass is 10.2. The summed E-state index contributed by atoms with van der Waals surface area (Å²) in [6.45, 7) is 3.99. The zero-order valence-electron chi connectivity index (χ0n) is 14.4. The van der Waals surface area contributed by atoms with E-state index in [0.29, 0.717) is 13.1 Å². The van der Waals surface area contributed by atoms with Gasteiger partial charge in [0.25, 0.3) is 0 Å². The van der Waals surface area contributed by atoms with Crippen LogP contribution in [0.2, 0.25) is 0 Å². The number of hydrogen-bond acceptors (Lipinski definition) is 4. The maximum absolute atomic E-state index is 13.0. The Balaban J connectivity index is 0.00000312. The molecule has 25 heavy (non-hydrogen) atoms. The van der Waals surface area contributed by atoms with Gasteiger partial charge in [0.05, 0.1) is 6.26 Å². The Morgan fingerprint density at radius 1 is 1.16 bits per heavy atom. The van der Waals surface area contributed by atoms with Crippen molar-refractivity contribution in [2.45, 2.75) is 0 Å². The highest BCUT2D eigenvalue weighted by Gasteiger charge is 2.19. The van der Waals surface area contributed by atoms with Gasteiger partial charge in [0.1, 0.15) is 5.82 Å². The van der Waals surface area contributed by atoms with E-state index in [4.69, 9.17) is 0 Å². The van der Waals surface area contributed by atoms with Gasteiger partial charge in [-0.05, 0) is 24.3 Å². The lowest BCUT2D eigenvalue weighted by Gasteiger charge is -2.37. The molecule has 7 nitrogen and oxygen atoms in total. The van der Waals surface area contributed by atoms with Gasteiger partial charge in [-0.1, -0.05) is 0 Å². The number of hydrogen-bond donors (Lipinski definition) is 2. The summed E-state index contributed by atoms with van der Waals surface area (Å²) in [6.07, 6.45) is 1.14. The molecule has 1 aliphatic heterocycles. The van der Waals surface area contributed by atoms with Gasteiger partial charge in [-0.2, -0.15) is 0 Å². The summed E-state index contributed by atoms with van der Waals surface area (Å²) >= 11 is 0. The summed E-state index contributed by atoms with van der Waals surface area (Å²) in [5.74, 6) is 0.522. The van der Waals surface area contributed by atoms with Crippen LogP contribution < -0.4 is 14.9 Å². The molecular weight excluding hydrogens is 460 g/mol. The van der Waals surface area contributed by atoms with Gasteiger partial charge < -0.3 is 15.1 Å². The Bertz CT molecular complexity index is 661. The molecule has 1 fully saturated rings. The third-order valence-corrected chi connectivity index (χ3v) is 4.48. The summed E-state index contributed by atoms with van der Waals surface area (Å²) in [5.41, 5.74) is 1.01. The molecule has 2 rings (SSSR count). The van der Waals surface area contributed by atoms with Crippen LogP contribution in [0.1, 0.15) is 0 Å². The van der Waals surface area contributed by atoms with Crippen LogP contribution in [0.15, 0.2) is 29.3 Å². The monoisotopic (exact) mass is 485 g/mol. The molecule has 0 amide bonds. The Morgan fingerprint density at radius 2 is 1.76 bits per heavy atom. The van der Waals surface area contributed by atoms with E-state index in [1.165, 1.54) is 12.1 Å². The second kappa shape index (κ2) is 10.1. The average molecular weight is 485 g/mol. The molecule has 0 aromatic heterocycles. The van der Waals surface area contributed by atoms with Crippen molar-refractivity contribution >= 4 is 45.6 Å². The van der Waals surface area contributed by atoms with E-state index in [-0.39, 0.29) is 29.8 Å². The van der Waals surface area contributed by atoms with Gasteiger partial charge in [-0.3, -0.25) is 4.99 Å². The number of benzene rings is 1. The molecule has 1 saturated heterocycles. The SMILES string of the molecule is CN=C(NCCNS(C)(=O)=O)N1CCN(c2ccc(F)cc2)CC1.I. The highest BCUT2D eigenvalue weighted by molar-refractivity contribution is 14.0. The first-order valence-corrected chi connectivity index (χ1v) is 9.69. The van der Waals surface area contributed by atoms with Crippen molar-refractivity contribution in [2.75, 3.05) is 57.5 Å². The summed E-state index contributed by atoms with van der Waals surface area (Å²) in [4.78, 5) is 8.57. The van der Waals surface area contributed by atoms with Gasteiger partial charge in [0.15, 0.2) is 5.96 Å². The van der Waals surface area contributed by atoms with Gasteiger partial charge >= 0.3 is 0 Å². The predicted molar refractivity (Wildman–Crippen MR) is 110 cm³/mol. The molecule has 1 aromatic carbocycles. The molecule has 1 heterocycles. The van der Waals surface area contributed by atoms with Crippen LogP contribution in [0.25, 0.3) is 0 Å². The summed E-state index contributed by atoms with van der Waals surface area (Å²) in [6, 6.07) is 6.51. The molecule has 2 N–H and O–H groups in total. The van der Waals surface area contributed by atoms with Crippen molar-refractivity contribution < 1.29 is 12.8 Å². The minimum Gasteiger partial charge on any atom is -0.368 e. The van der Waals surface area contributed by atoms with E-state index in [9.17, 15) is 12.8 Å². The fourth-order valence-corrected chi connectivity index (χ4v) is 3.04. The van der Waals surface area contributed by atoms with Crippen molar-refractivity contribution in [1.29, 1.82) is 0 Å². The maximum Gasteiger partial charge on any atom is 0.208 e. The highest BCUT2D eigenvalue weighted by Crippen LogP contribution is 2.16. The van der Waals surface area contributed by atoms with Crippen molar-refractivity contribution in [3.05, 3.63) is 30.1 Å². The number of nitrogens with zero attached hydrogens (tertiary/aromatic N) is 3. The third-order valence-electron chi connectivity index (χ3n) is 3.76. The molecule has 142 valence electrons. The van der Waals surface area contributed by atoms with E-state index in [1.807, 2.05) is 0 Å². The molecule has 0 spiro atoms. The summed E-state index contributed by atoms with van der Waals surface area (Å²) in [7, 11) is -1.46. The molecule has 0 aliphatic carbocycles. The number of piperazine rings is 1. The molecule has 0 atom stereocenters. The zero-order valence-corrected chi connectivity index (χ0v) is 17.6. The lowest BCUT2D eigenvalue weighted by Crippen LogP contribution is -2.53. The van der Waals surface area contributed by atoms with Crippen LogP contribution in [0.5, 0.6) is 0 Å². The second-order valence-corrected chi connectivity index (χ2v) is 7.42. The standard InChI is InChI=1S/C15H24FN5O2S.HI/c1-17-15(18-7-8-19-24(2,22)23)21-11-9-20(10-12-21)14-5-3-13(16)4-6-14;/h3-6,19H,7-12H2,1-2H3,(H,17,18);1H. The van der Waals surface area contributed by atoms with Gasteiger partial charge in [0.2, 0.25) is 10.0 Å². The minimum absolute atomic E-state index is 0. The molecule has 0 bridgehead atoms. The van der Waals surface area contributed by atoms with Crippen LogP contribution >= 0.6 is 24.0 Å². The fourth-order valence-electron chi connectivity index (χ4n) is 2.57. The maximum atomic E-state index is 13.0. The van der Waals surface area contributed by atoms with E-state index in [1.54, 1.807) is 19.2 Å².